The number of nitrogens with zero attached hydrogens (tertiary/aromatic N) is 3. The number of amides is 2. The molecule has 2 aromatic carbocycles. The molecule has 2 N–H and O–H groups in total. The summed E-state index contributed by atoms with van der Waals surface area (Å²) in [6, 6.07) is 16.0. The van der Waals surface area contributed by atoms with Gasteiger partial charge in [-0.05, 0) is 66.9 Å². The molecule has 1 aliphatic rings. The van der Waals surface area contributed by atoms with Crippen molar-refractivity contribution in [3.8, 4) is 0 Å². The fourth-order valence-corrected chi connectivity index (χ4v) is 4.29. The molecule has 2 amide bonds. The zero-order valence-electron chi connectivity index (χ0n) is 20.0. The Balaban J connectivity index is 1.39. The van der Waals surface area contributed by atoms with E-state index in [0.29, 0.717) is 5.69 Å². The van der Waals surface area contributed by atoms with Gasteiger partial charge in [-0.1, -0.05) is 18.2 Å². The molecular formula is C27H30FN5O2. The van der Waals surface area contributed by atoms with Gasteiger partial charge in [-0.3, -0.25) is 19.5 Å². The molecule has 1 aliphatic heterocycles. The SMILES string of the molecule is Cc1ccc(C)c(NC(=O)C(=O)NC[C@@H](c2cccnc2)N2CCN(c3ccc(F)cc3)CC2)c1. The molecule has 2 heterocycles. The highest BCUT2D eigenvalue weighted by atomic mass is 19.1. The Hall–Kier alpha value is -3.78. The van der Waals surface area contributed by atoms with Gasteiger partial charge in [0.05, 0.1) is 6.04 Å². The van der Waals surface area contributed by atoms with Crippen LogP contribution in [-0.4, -0.2) is 54.4 Å². The molecule has 1 saturated heterocycles. The van der Waals surface area contributed by atoms with Crippen molar-refractivity contribution in [3.05, 3.63) is 89.5 Å². The largest absolute Gasteiger partial charge is 0.369 e. The number of anilines is 2. The van der Waals surface area contributed by atoms with E-state index in [4.69, 9.17) is 0 Å². The van der Waals surface area contributed by atoms with Crippen LogP contribution in [0.5, 0.6) is 0 Å². The van der Waals surface area contributed by atoms with Gasteiger partial charge in [-0.2, -0.15) is 0 Å². The van der Waals surface area contributed by atoms with Crippen LogP contribution in [0.25, 0.3) is 0 Å². The van der Waals surface area contributed by atoms with Crippen LogP contribution in [0, 0.1) is 19.7 Å². The second-order valence-electron chi connectivity index (χ2n) is 8.78. The predicted octanol–water partition coefficient (Wildman–Crippen LogP) is 3.46. The number of halogens is 1. The van der Waals surface area contributed by atoms with Crippen LogP contribution in [-0.2, 0) is 9.59 Å². The highest BCUT2D eigenvalue weighted by molar-refractivity contribution is 6.39. The van der Waals surface area contributed by atoms with E-state index < -0.39 is 11.8 Å². The van der Waals surface area contributed by atoms with E-state index >= 15 is 0 Å². The fraction of sp³-hybridized carbons (Fsp3) is 0.296. The van der Waals surface area contributed by atoms with Gasteiger partial charge in [0.25, 0.3) is 0 Å². The van der Waals surface area contributed by atoms with Crippen molar-refractivity contribution in [3.63, 3.8) is 0 Å². The van der Waals surface area contributed by atoms with Crippen LogP contribution in [0.4, 0.5) is 15.8 Å². The van der Waals surface area contributed by atoms with Gasteiger partial charge in [-0.15, -0.1) is 0 Å². The molecule has 4 rings (SSSR count). The zero-order valence-corrected chi connectivity index (χ0v) is 20.0. The van der Waals surface area contributed by atoms with Crippen LogP contribution in [0.3, 0.4) is 0 Å². The number of nitrogens with one attached hydrogen (secondary N) is 2. The molecule has 0 spiro atoms. The van der Waals surface area contributed by atoms with Gasteiger partial charge >= 0.3 is 11.8 Å². The smallest absolute Gasteiger partial charge is 0.313 e. The van der Waals surface area contributed by atoms with Crippen LogP contribution >= 0.6 is 0 Å². The lowest BCUT2D eigenvalue weighted by Crippen LogP contribution is -2.50. The third-order valence-corrected chi connectivity index (χ3v) is 6.32. The summed E-state index contributed by atoms with van der Waals surface area (Å²) in [6.45, 7) is 7.14. The number of benzene rings is 2. The number of aryl methyl sites for hydroxylation is 2. The Morgan fingerprint density at radius 1 is 1.00 bits per heavy atom. The molecule has 182 valence electrons. The van der Waals surface area contributed by atoms with E-state index in [1.54, 1.807) is 24.5 Å². The van der Waals surface area contributed by atoms with Crippen LogP contribution in [0.2, 0.25) is 0 Å². The molecule has 0 aliphatic carbocycles. The molecule has 1 aromatic heterocycles. The molecular weight excluding hydrogens is 445 g/mol. The summed E-state index contributed by atoms with van der Waals surface area (Å²) in [5.41, 5.74) is 4.48. The summed E-state index contributed by atoms with van der Waals surface area (Å²) in [7, 11) is 0. The van der Waals surface area contributed by atoms with Crippen molar-refractivity contribution in [2.75, 3.05) is 42.9 Å². The van der Waals surface area contributed by atoms with Crippen molar-refractivity contribution >= 4 is 23.2 Å². The number of hydrogen-bond donors (Lipinski definition) is 2. The van der Waals surface area contributed by atoms with E-state index in [9.17, 15) is 14.0 Å². The van der Waals surface area contributed by atoms with Gasteiger partial charge in [0.1, 0.15) is 5.82 Å². The Morgan fingerprint density at radius 2 is 1.74 bits per heavy atom. The monoisotopic (exact) mass is 475 g/mol. The highest BCUT2D eigenvalue weighted by Crippen LogP contribution is 2.24. The molecule has 7 nitrogen and oxygen atoms in total. The summed E-state index contributed by atoms with van der Waals surface area (Å²) < 4.78 is 13.3. The van der Waals surface area contributed by atoms with Gasteiger partial charge in [-0.25, -0.2) is 4.39 Å². The molecule has 3 aromatic rings. The van der Waals surface area contributed by atoms with Gasteiger partial charge in [0.2, 0.25) is 0 Å². The average Bonchev–Trinajstić information content (AvgIpc) is 2.88. The lowest BCUT2D eigenvalue weighted by molar-refractivity contribution is -0.136. The zero-order chi connectivity index (χ0) is 24.8. The second kappa shape index (κ2) is 11.1. The summed E-state index contributed by atoms with van der Waals surface area (Å²) in [5, 5.41) is 5.52. The molecule has 0 saturated carbocycles. The summed E-state index contributed by atoms with van der Waals surface area (Å²) >= 11 is 0. The molecule has 35 heavy (non-hydrogen) atoms. The number of pyridine rings is 1. The standard InChI is InChI=1S/C27H30FN5O2/c1-19-5-6-20(2)24(16-19)31-27(35)26(34)30-18-25(21-4-3-11-29-17-21)33-14-12-32(13-15-33)23-9-7-22(28)8-10-23/h3-11,16-17,25H,12-15,18H2,1-2H3,(H,30,34)(H,31,35)/t25-/m0/s1. The maximum atomic E-state index is 13.3. The maximum absolute atomic E-state index is 13.3. The van der Waals surface area contributed by atoms with Crippen molar-refractivity contribution in [2.45, 2.75) is 19.9 Å². The van der Waals surface area contributed by atoms with Crippen molar-refractivity contribution in [2.24, 2.45) is 0 Å². The average molecular weight is 476 g/mol. The van der Waals surface area contributed by atoms with Gasteiger partial charge < -0.3 is 15.5 Å². The minimum atomic E-state index is -0.690. The predicted molar refractivity (Wildman–Crippen MR) is 135 cm³/mol. The van der Waals surface area contributed by atoms with E-state index in [2.05, 4.69) is 25.4 Å². The Labute approximate surface area is 205 Å². The summed E-state index contributed by atoms with van der Waals surface area (Å²) in [5.74, 6) is -1.61. The normalized spacial score (nSPS) is 14.9. The van der Waals surface area contributed by atoms with E-state index in [1.807, 2.05) is 44.2 Å². The summed E-state index contributed by atoms with van der Waals surface area (Å²) in [6.07, 6.45) is 3.50. The quantitative estimate of drug-likeness (QED) is 0.534. The van der Waals surface area contributed by atoms with Crippen LogP contribution < -0.4 is 15.5 Å². The van der Waals surface area contributed by atoms with E-state index in [-0.39, 0.29) is 18.4 Å². The second-order valence-corrected chi connectivity index (χ2v) is 8.78. The fourth-order valence-electron chi connectivity index (χ4n) is 4.29. The van der Waals surface area contributed by atoms with E-state index in [0.717, 1.165) is 48.6 Å². The minimum absolute atomic E-state index is 0.128. The molecule has 8 heteroatoms. The lowest BCUT2D eigenvalue weighted by Gasteiger charge is -2.40. The third-order valence-electron chi connectivity index (χ3n) is 6.32. The molecule has 1 fully saturated rings. The highest BCUT2D eigenvalue weighted by Gasteiger charge is 2.27. The van der Waals surface area contributed by atoms with Crippen LogP contribution in [0.1, 0.15) is 22.7 Å². The Bertz CT molecular complexity index is 1160. The third kappa shape index (κ3) is 6.22. The Kier molecular flexibility index (Phi) is 7.72. The first-order chi connectivity index (χ1) is 16.9. The Morgan fingerprint density at radius 3 is 2.43 bits per heavy atom. The molecule has 0 bridgehead atoms. The van der Waals surface area contributed by atoms with Crippen molar-refractivity contribution in [1.29, 1.82) is 0 Å². The topological polar surface area (TPSA) is 77.6 Å². The van der Waals surface area contributed by atoms with Crippen LogP contribution in [0.15, 0.2) is 67.0 Å². The number of hydrogen-bond acceptors (Lipinski definition) is 5. The van der Waals surface area contributed by atoms with Crippen molar-refractivity contribution < 1.29 is 14.0 Å². The number of rotatable bonds is 6. The maximum Gasteiger partial charge on any atom is 0.313 e. The molecule has 1 atom stereocenters. The number of piperazine rings is 1. The lowest BCUT2D eigenvalue weighted by atomic mass is 10.1. The van der Waals surface area contributed by atoms with E-state index in [1.165, 1.54) is 12.1 Å². The first-order valence-corrected chi connectivity index (χ1v) is 11.7. The first kappa shape index (κ1) is 24.3. The van der Waals surface area contributed by atoms with Crippen molar-refractivity contribution in [1.82, 2.24) is 15.2 Å². The summed E-state index contributed by atoms with van der Waals surface area (Å²) in [4.78, 5) is 33.9. The van der Waals surface area contributed by atoms with Gasteiger partial charge in [0, 0.05) is 56.5 Å². The number of aromatic nitrogens is 1. The number of carbonyl (C=O) groups excluding carboxylic acids is 2. The van der Waals surface area contributed by atoms with Gasteiger partial charge in [0.15, 0.2) is 0 Å². The first-order valence-electron chi connectivity index (χ1n) is 11.7. The molecule has 0 radical (unpaired) electrons. The number of carbonyl (C=O) groups is 2. The molecule has 0 unspecified atom stereocenters. The minimum Gasteiger partial charge on any atom is -0.369 e.